The van der Waals surface area contributed by atoms with Crippen LogP contribution in [0.5, 0.6) is 0 Å². The molecule has 2 saturated heterocycles. The lowest BCUT2D eigenvalue weighted by atomic mass is 10.0. The molecule has 2 aromatic heterocycles. The maximum Gasteiger partial charge on any atom is 0.274 e. The Balaban J connectivity index is 1.13. The number of para-hydroxylation sites is 1. The molecule has 0 aliphatic carbocycles. The number of pyridine rings is 1. The van der Waals surface area contributed by atoms with Gasteiger partial charge in [0.05, 0.1) is 11.4 Å². The van der Waals surface area contributed by atoms with Crippen molar-refractivity contribution in [2.24, 2.45) is 0 Å². The number of nitrogens with zero attached hydrogens (tertiary/aromatic N) is 6. The number of anilines is 1. The molecule has 0 unspecified atom stereocenters. The van der Waals surface area contributed by atoms with Gasteiger partial charge in [-0.15, -0.1) is 0 Å². The molecule has 4 heterocycles. The third-order valence-corrected chi connectivity index (χ3v) is 6.95. The van der Waals surface area contributed by atoms with Crippen LogP contribution in [0.25, 0.3) is 16.9 Å². The minimum atomic E-state index is 0.000216. The Bertz CT molecular complexity index is 1220. The molecular formula is C28H28N6O. The molecule has 35 heavy (non-hydrogen) atoms. The van der Waals surface area contributed by atoms with Crippen LogP contribution in [-0.4, -0.2) is 75.8 Å². The zero-order valence-corrected chi connectivity index (χ0v) is 19.6. The highest BCUT2D eigenvalue weighted by atomic mass is 16.2. The Labute approximate surface area is 205 Å². The van der Waals surface area contributed by atoms with E-state index in [1.807, 2.05) is 82.5 Å². The van der Waals surface area contributed by atoms with Crippen LogP contribution >= 0.6 is 0 Å². The number of hydrogen-bond acceptors (Lipinski definition) is 5. The first-order valence-corrected chi connectivity index (χ1v) is 12.2. The van der Waals surface area contributed by atoms with Crippen molar-refractivity contribution in [3.63, 3.8) is 0 Å². The van der Waals surface area contributed by atoms with E-state index in [1.165, 1.54) is 0 Å². The van der Waals surface area contributed by atoms with E-state index in [9.17, 15) is 4.79 Å². The van der Waals surface area contributed by atoms with E-state index < -0.39 is 0 Å². The molecule has 0 atom stereocenters. The van der Waals surface area contributed by atoms with Crippen molar-refractivity contribution in [3.05, 3.63) is 96.8 Å². The number of likely N-dealkylation sites (tertiary alicyclic amines) is 1. The minimum absolute atomic E-state index is 0.000216. The first kappa shape index (κ1) is 21.6. The number of piperazine rings is 1. The third-order valence-electron chi connectivity index (χ3n) is 6.95. The van der Waals surface area contributed by atoms with Crippen LogP contribution in [0.15, 0.2) is 91.1 Å². The molecule has 2 aliphatic rings. The van der Waals surface area contributed by atoms with Crippen LogP contribution in [0.1, 0.15) is 10.5 Å². The van der Waals surface area contributed by atoms with Crippen molar-refractivity contribution in [2.45, 2.75) is 6.04 Å². The minimum Gasteiger partial charge on any atom is -0.354 e. The Morgan fingerprint density at radius 1 is 0.800 bits per heavy atom. The Morgan fingerprint density at radius 2 is 1.49 bits per heavy atom. The standard InChI is InChI=1S/C28H28N6O/c35-28(33-20-24(21-33)31-15-17-32(18-16-31)27-13-7-8-14-29-27)25-19-26(22-9-3-1-4-10-22)34(30-25)23-11-5-2-6-12-23/h1-14,19,24H,15-18,20-21H2. The van der Waals surface area contributed by atoms with E-state index in [4.69, 9.17) is 5.10 Å². The van der Waals surface area contributed by atoms with E-state index in [0.717, 1.165) is 62.0 Å². The van der Waals surface area contributed by atoms with Crippen molar-refractivity contribution in [1.82, 2.24) is 24.6 Å². The van der Waals surface area contributed by atoms with Gasteiger partial charge in [0.1, 0.15) is 5.82 Å². The van der Waals surface area contributed by atoms with E-state index in [2.05, 4.69) is 33.0 Å². The van der Waals surface area contributed by atoms with Gasteiger partial charge in [0.25, 0.3) is 5.91 Å². The third kappa shape index (κ3) is 4.31. The van der Waals surface area contributed by atoms with Crippen molar-refractivity contribution >= 4 is 11.7 Å². The summed E-state index contributed by atoms with van der Waals surface area (Å²) in [6.07, 6.45) is 1.85. The number of hydrogen-bond donors (Lipinski definition) is 0. The zero-order chi connectivity index (χ0) is 23.6. The van der Waals surface area contributed by atoms with Crippen molar-refractivity contribution in [2.75, 3.05) is 44.2 Å². The van der Waals surface area contributed by atoms with Crippen LogP contribution in [0.3, 0.4) is 0 Å². The molecule has 0 saturated carbocycles. The van der Waals surface area contributed by atoms with Gasteiger partial charge in [0.2, 0.25) is 0 Å². The van der Waals surface area contributed by atoms with Gasteiger partial charge in [-0.3, -0.25) is 9.69 Å². The molecule has 0 spiro atoms. The smallest absolute Gasteiger partial charge is 0.274 e. The van der Waals surface area contributed by atoms with Gasteiger partial charge in [-0.25, -0.2) is 9.67 Å². The summed E-state index contributed by atoms with van der Waals surface area (Å²) in [7, 11) is 0. The fourth-order valence-electron chi connectivity index (χ4n) is 4.94. The normalized spacial score (nSPS) is 16.8. The molecular weight excluding hydrogens is 436 g/mol. The second-order valence-electron chi connectivity index (χ2n) is 9.10. The van der Waals surface area contributed by atoms with E-state index in [0.29, 0.717) is 11.7 Å². The molecule has 176 valence electrons. The van der Waals surface area contributed by atoms with E-state index >= 15 is 0 Å². The van der Waals surface area contributed by atoms with Crippen LogP contribution in [0, 0.1) is 0 Å². The molecule has 0 radical (unpaired) electrons. The monoisotopic (exact) mass is 464 g/mol. The number of aromatic nitrogens is 3. The summed E-state index contributed by atoms with van der Waals surface area (Å²) in [5.74, 6) is 1.04. The maximum atomic E-state index is 13.3. The first-order chi connectivity index (χ1) is 17.3. The highest BCUT2D eigenvalue weighted by Gasteiger charge is 2.37. The summed E-state index contributed by atoms with van der Waals surface area (Å²) in [6, 6.07) is 28.5. The number of benzene rings is 2. The largest absolute Gasteiger partial charge is 0.354 e. The summed E-state index contributed by atoms with van der Waals surface area (Å²) in [4.78, 5) is 24.6. The van der Waals surface area contributed by atoms with Gasteiger partial charge >= 0.3 is 0 Å². The summed E-state index contributed by atoms with van der Waals surface area (Å²) in [5.41, 5.74) is 3.39. The number of rotatable bonds is 5. The summed E-state index contributed by atoms with van der Waals surface area (Å²) in [5, 5.41) is 4.74. The van der Waals surface area contributed by atoms with Gasteiger partial charge in [-0.2, -0.15) is 5.10 Å². The quantitative estimate of drug-likeness (QED) is 0.452. The van der Waals surface area contributed by atoms with Crippen LogP contribution in [-0.2, 0) is 0 Å². The average molecular weight is 465 g/mol. The second kappa shape index (κ2) is 9.35. The van der Waals surface area contributed by atoms with Crippen LogP contribution < -0.4 is 4.90 Å². The molecule has 7 nitrogen and oxygen atoms in total. The predicted octanol–water partition coefficient (Wildman–Crippen LogP) is 3.58. The molecule has 7 heteroatoms. The van der Waals surface area contributed by atoms with E-state index in [-0.39, 0.29) is 5.91 Å². The predicted molar refractivity (Wildman–Crippen MR) is 137 cm³/mol. The van der Waals surface area contributed by atoms with Gasteiger partial charge in [-0.1, -0.05) is 54.6 Å². The maximum absolute atomic E-state index is 13.3. The lowest BCUT2D eigenvalue weighted by molar-refractivity contribution is 0.0241. The van der Waals surface area contributed by atoms with Crippen molar-refractivity contribution in [3.8, 4) is 16.9 Å². The molecule has 2 aliphatic heterocycles. The van der Waals surface area contributed by atoms with Crippen molar-refractivity contribution < 1.29 is 4.79 Å². The molecule has 4 aromatic rings. The SMILES string of the molecule is O=C(c1cc(-c2ccccc2)n(-c2ccccc2)n1)N1CC(N2CCN(c3ccccn3)CC2)C1. The summed E-state index contributed by atoms with van der Waals surface area (Å²) >= 11 is 0. The van der Waals surface area contributed by atoms with Gasteiger partial charge in [0, 0.05) is 57.1 Å². The Kier molecular flexibility index (Phi) is 5.76. The Hall–Kier alpha value is -3.97. The van der Waals surface area contributed by atoms with E-state index in [1.54, 1.807) is 0 Å². The second-order valence-corrected chi connectivity index (χ2v) is 9.10. The molecule has 2 aromatic carbocycles. The summed E-state index contributed by atoms with van der Waals surface area (Å²) in [6.45, 7) is 5.41. The topological polar surface area (TPSA) is 57.5 Å². The fourth-order valence-corrected chi connectivity index (χ4v) is 4.94. The first-order valence-electron chi connectivity index (χ1n) is 12.2. The number of carbonyl (C=O) groups excluding carboxylic acids is 1. The zero-order valence-electron chi connectivity index (χ0n) is 19.6. The van der Waals surface area contributed by atoms with Crippen LogP contribution in [0.4, 0.5) is 5.82 Å². The van der Waals surface area contributed by atoms with Gasteiger partial charge in [-0.05, 0) is 30.3 Å². The lowest BCUT2D eigenvalue weighted by Gasteiger charge is -2.48. The molecule has 0 bridgehead atoms. The number of carbonyl (C=O) groups is 1. The highest BCUT2D eigenvalue weighted by molar-refractivity contribution is 5.94. The molecule has 0 N–H and O–H groups in total. The van der Waals surface area contributed by atoms with Gasteiger partial charge < -0.3 is 9.80 Å². The lowest BCUT2D eigenvalue weighted by Crippen LogP contribution is -2.64. The Morgan fingerprint density at radius 3 is 2.17 bits per heavy atom. The molecule has 1 amide bonds. The number of amides is 1. The highest BCUT2D eigenvalue weighted by Crippen LogP contribution is 2.26. The summed E-state index contributed by atoms with van der Waals surface area (Å²) < 4.78 is 1.87. The van der Waals surface area contributed by atoms with Gasteiger partial charge in [0.15, 0.2) is 5.69 Å². The van der Waals surface area contributed by atoms with Crippen molar-refractivity contribution in [1.29, 1.82) is 0 Å². The molecule has 6 rings (SSSR count). The fraction of sp³-hybridized carbons (Fsp3) is 0.250. The average Bonchev–Trinajstić information content (AvgIpc) is 3.36. The van der Waals surface area contributed by atoms with Crippen LogP contribution in [0.2, 0.25) is 0 Å². The molecule has 2 fully saturated rings.